The highest BCUT2D eigenvalue weighted by Crippen LogP contribution is 2.27. The number of carbonyl (C=O) groups excluding carboxylic acids is 2. The van der Waals surface area contributed by atoms with E-state index in [0.29, 0.717) is 29.1 Å². The fourth-order valence-electron chi connectivity index (χ4n) is 5.28. The molecule has 0 aliphatic carbocycles. The molecular formula is C28H35FN6O3. The minimum absolute atomic E-state index is 0.0726. The number of hydrogen-bond acceptors (Lipinski definition) is 6. The molecule has 2 saturated heterocycles. The zero-order chi connectivity index (χ0) is 26.6. The van der Waals surface area contributed by atoms with Crippen LogP contribution in [0.4, 0.5) is 14.9 Å². The molecule has 2 amide bonds. The molecule has 3 aromatic rings. The van der Waals surface area contributed by atoms with Crippen molar-refractivity contribution < 1.29 is 18.7 Å². The van der Waals surface area contributed by atoms with Gasteiger partial charge in [-0.05, 0) is 69.8 Å². The highest BCUT2D eigenvalue weighted by molar-refractivity contribution is 5.93. The van der Waals surface area contributed by atoms with Gasteiger partial charge in [-0.1, -0.05) is 19.8 Å². The van der Waals surface area contributed by atoms with Gasteiger partial charge in [-0.15, -0.1) is 0 Å². The molecule has 2 aromatic heterocycles. The fraction of sp³-hybridized carbons (Fsp3) is 0.500. The van der Waals surface area contributed by atoms with Crippen molar-refractivity contribution in [3.63, 3.8) is 0 Å². The second-order valence-electron chi connectivity index (χ2n) is 10.2. The number of benzene rings is 1. The zero-order valence-electron chi connectivity index (χ0n) is 22.0. The topological polar surface area (TPSA) is 101 Å². The van der Waals surface area contributed by atoms with E-state index in [1.165, 1.54) is 6.07 Å². The third-order valence-corrected chi connectivity index (χ3v) is 7.47. The molecule has 1 aromatic carbocycles. The number of likely N-dealkylation sites (tertiary alicyclic amines) is 1. The number of aryl methyl sites for hydroxylation is 1. The van der Waals surface area contributed by atoms with Crippen LogP contribution in [0.2, 0.25) is 0 Å². The maximum Gasteiger partial charge on any atom is 0.411 e. The summed E-state index contributed by atoms with van der Waals surface area (Å²) >= 11 is 0. The molecule has 2 atom stereocenters. The van der Waals surface area contributed by atoms with E-state index in [0.717, 1.165) is 57.3 Å². The number of hydrogen-bond donors (Lipinski definition) is 2. The lowest BCUT2D eigenvalue weighted by molar-refractivity contribution is 0.0691. The number of anilines is 1. The van der Waals surface area contributed by atoms with Crippen LogP contribution in [0.25, 0.3) is 16.9 Å². The predicted octanol–water partition coefficient (Wildman–Crippen LogP) is 4.80. The third kappa shape index (κ3) is 5.65. The monoisotopic (exact) mass is 522 g/mol. The minimum Gasteiger partial charge on any atom is -0.448 e. The number of nitrogens with zero attached hydrogens (tertiary/aromatic N) is 4. The molecule has 2 N–H and O–H groups in total. The molecule has 0 radical (unpaired) electrons. The van der Waals surface area contributed by atoms with Crippen LogP contribution in [0.3, 0.4) is 0 Å². The van der Waals surface area contributed by atoms with Crippen molar-refractivity contribution in [2.45, 2.75) is 70.9 Å². The molecule has 5 rings (SSSR count). The number of aromatic nitrogens is 3. The lowest BCUT2D eigenvalue weighted by Crippen LogP contribution is -2.38. The Morgan fingerprint density at radius 3 is 2.79 bits per heavy atom. The lowest BCUT2D eigenvalue weighted by Gasteiger charge is -2.27. The van der Waals surface area contributed by atoms with Crippen LogP contribution in [-0.2, 0) is 11.2 Å². The molecule has 2 aliphatic heterocycles. The van der Waals surface area contributed by atoms with Gasteiger partial charge in [0.25, 0.3) is 5.91 Å². The molecule has 38 heavy (non-hydrogen) atoms. The van der Waals surface area contributed by atoms with Crippen LogP contribution < -0.4 is 10.6 Å². The van der Waals surface area contributed by atoms with E-state index in [2.05, 4.69) is 27.6 Å². The van der Waals surface area contributed by atoms with Gasteiger partial charge < -0.3 is 15.0 Å². The van der Waals surface area contributed by atoms with Crippen molar-refractivity contribution in [1.82, 2.24) is 24.8 Å². The summed E-state index contributed by atoms with van der Waals surface area (Å²) in [6.45, 7) is 6.02. The molecule has 0 bridgehead atoms. The van der Waals surface area contributed by atoms with E-state index in [4.69, 9.17) is 4.74 Å². The summed E-state index contributed by atoms with van der Waals surface area (Å²) < 4.78 is 22.0. The Labute approximate surface area is 221 Å². The van der Waals surface area contributed by atoms with Crippen LogP contribution in [-0.4, -0.2) is 63.3 Å². The minimum atomic E-state index is -0.619. The van der Waals surface area contributed by atoms with Gasteiger partial charge in [-0.25, -0.2) is 18.7 Å². The lowest BCUT2D eigenvalue weighted by atomic mass is 10.1. The Kier molecular flexibility index (Phi) is 7.87. The van der Waals surface area contributed by atoms with Crippen molar-refractivity contribution >= 4 is 23.3 Å². The van der Waals surface area contributed by atoms with Crippen molar-refractivity contribution in [2.24, 2.45) is 0 Å². The smallest absolute Gasteiger partial charge is 0.411 e. The summed E-state index contributed by atoms with van der Waals surface area (Å²) in [4.78, 5) is 32.0. The highest BCUT2D eigenvalue weighted by atomic mass is 19.1. The Bertz CT molecular complexity index is 1320. The Morgan fingerprint density at radius 2 is 2.03 bits per heavy atom. The first kappa shape index (κ1) is 26.1. The van der Waals surface area contributed by atoms with Crippen LogP contribution >= 0.6 is 0 Å². The number of halogens is 1. The van der Waals surface area contributed by atoms with Crippen molar-refractivity contribution in [3.8, 4) is 11.3 Å². The quantitative estimate of drug-likeness (QED) is 0.482. The maximum absolute atomic E-state index is 15.1. The number of fused-ring (bicyclic) bond motifs is 1. The van der Waals surface area contributed by atoms with Crippen LogP contribution in [0.5, 0.6) is 0 Å². The molecule has 2 unspecified atom stereocenters. The SMILES string of the molecule is CCc1cc(C(=O)N2CCCCCC2C)nc2cc(-c3ccc(NC(=O)OCC4CCCN4)cc3F)nn12. The van der Waals surface area contributed by atoms with E-state index in [9.17, 15) is 9.59 Å². The molecule has 2 aliphatic rings. The van der Waals surface area contributed by atoms with Crippen molar-refractivity contribution in [2.75, 3.05) is 25.0 Å². The average molecular weight is 523 g/mol. The van der Waals surface area contributed by atoms with E-state index < -0.39 is 11.9 Å². The van der Waals surface area contributed by atoms with E-state index in [-0.39, 0.29) is 30.2 Å². The third-order valence-electron chi connectivity index (χ3n) is 7.47. The summed E-state index contributed by atoms with van der Waals surface area (Å²) in [6.07, 6.45) is 6.30. The second kappa shape index (κ2) is 11.5. The maximum atomic E-state index is 15.1. The van der Waals surface area contributed by atoms with E-state index >= 15 is 4.39 Å². The molecule has 9 nitrogen and oxygen atoms in total. The molecular weight excluding hydrogens is 487 g/mol. The average Bonchev–Trinajstić information content (AvgIpc) is 3.53. The summed E-state index contributed by atoms with van der Waals surface area (Å²) in [7, 11) is 0. The van der Waals surface area contributed by atoms with Gasteiger partial charge in [0.1, 0.15) is 18.1 Å². The Morgan fingerprint density at radius 1 is 1.16 bits per heavy atom. The van der Waals surface area contributed by atoms with Gasteiger partial charge in [0.2, 0.25) is 0 Å². The predicted molar refractivity (Wildman–Crippen MR) is 143 cm³/mol. The fourth-order valence-corrected chi connectivity index (χ4v) is 5.28. The molecule has 0 spiro atoms. The van der Waals surface area contributed by atoms with Gasteiger partial charge in [-0.2, -0.15) is 5.10 Å². The first-order valence-corrected chi connectivity index (χ1v) is 13.6. The van der Waals surface area contributed by atoms with Gasteiger partial charge in [0.15, 0.2) is 5.65 Å². The summed E-state index contributed by atoms with van der Waals surface area (Å²) in [5.41, 5.74) is 2.69. The first-order chi connectivity index (χ1) is 18.4. The molecule has 0 saturated carbocycles. The van der Waals surface area contributed by atoms with Gasteiger partial charge in [0, 0.05) is 41.6 Å². The molecule has 4 heterocycles. The molecule has 10 heteroatoms. The van der Waals surface area contributed by atoms with E-state index in [1.54, 1.807) is 28.8 Å². The van der Waals surface area contributed by atoms with E-state index in [1.807, 2.05) is 11.8 Å². The van der Waals surface area contributed by atoms with Gasteiger partial charge >= 0.3 is 6.09 Å². The van der Waals surface area contributed by atoms with Crippen molar-refractivity contribution in [3.05, 3.63) is 47.5 Å². The van der Waals surface area contributed by atoms with Crippen LogP contribution in [0.1, 0.15) is 68.6 Å². The number of nitrogens with one attached hydrogen (secondary N) is 2. The summed E-state index contributed by atoms with van der Waals surface area (Å²) in [5, 5.41) is 10.4. The number of carbonyl (C=O) groups is 2. The van der Waals surface area contributed by atoms with Gasteiger partial charge in [-0.3, -0.25) is 10.1 Å². The van der Waals surface area contributed by atoms with Crippen molar-refractivity contribution in [1.29, 1.82) is 0 Å². The van der Waals surface area contributed by atoms with Gasteiger partial charge in [0.05, 0.1) is 5.69 Å². The largest absolute Gasteiger partial charge is 0.448 e. The van der Waals surface area contributed by atoms with Crippen LogP contribution in [0.15, 0.2) is 30.3 Å². The summed E-state index contributed by atoms with van der Waals surface area (Å²) in [6, 6.07) is 8.25. The normalized spacial score (nSPS) is 19.9. The number of amides is 2. The summed E-state index contributed by atoms with van der Waals surface area (Å²) in [5.74, 6) is -0.604. The molecule has 2 fully saturated rings. The first-order valence-electron chi connectivity index (χ1n) is 13.6. The zero-order valence-corrected chi connectivity index (χ0v) is 22.0. The standard InChI is InChI=1S/C28H35FN6O3/c1-3-21-15-25(27(36)34-13-6-4-5-8-18(34)2)32-26-16-24(33-35(21)26)22-11-10-19(14-23(22)29)31-28(37)38-17-20-9-7-12-30-20/h10-11,14-16,18,20,30H,3-9,12-13,17H2,1-2H3,(H,31,37). The molecule has 202 valence electrons. The highest BCUT2D eigenvalue weighted by Gasteiger charge is 2.25. The number of rotatable bonds is 6. The second-order valence-corrected chi connectivity index (χ2v) is 10.2. The Hall–Kier alpha value is -3.53. The van der Waals surface area contributed by atoms with Crippen LogP contribution in [0, 0.1) is 5.82 Å². The Balaban J connectivity index is 1.35. The number of ether oxygens (including phenoxy) is 1.